The molecule has 1 unspecified atom stereocenters. The number of nitrogens with two attached hydrogens (primary N) is 1. The number of primary amides is 1. The fourth-order valence-electron chi connectivity index (χ4n) is 4.68. The lowest BCUT2D eigenvalue weighted by atomic mass is 10.0. The van der Waals surface area contributed by atoms with E-state index in [1.807, 2.05) is 41.8 Å². The second-order valence-electron chi connectivity index (χ2n) is 11.6. The number of hydrogen-bond acceptors (Lipinski definition) is 9. The van der Waals surface area contributed by atoms with Crippen molar-refractivity contribution >= 4 is 47.5 Å². The van der Waals surface area contributed by atoms with Gasteiger partial charge in [-0.25, -0.2) is 20.0 Å². The van der Waals surface area contributed by atoms with Gasteiger partial charge in [0.25, 0.3) is 5.91 Å². The molecule has 14 nitrogen and oxygen atoms in total. The minimum atomic E-state index is -1.47. The Morgan fingerprint density at radius 2 is 1.62 bits per heavy atom. The maximum atomic E-state index is 14.1. The first-order chi connectivity index (χ1) is 22.9. The third kappa shape index (κ3) is 10.2. The number of amides is 5. The smallest absolute Gasteiger partial charge is 0.409 e. The van der Waals surface area contributed by atoms with Crippen molar-refractivity contribution in [3.63, 3.8) is 0 Å². The van der Waals surface area contributed by atoms with Gasteiger partial charge in [0.1, 0.15) is 18.8 Å². The highest BCUT2D eigenvalue weighted by Crippen LogP contribution is 2.28. The Morgan fingerprint density at radius 3 is 2.29 bits per heavy atom. The van der Waals surface area contributed by atoms with Crippen LogP contribution in [0.25, 0.3) is 0 Å². The average molecular weight is 656 g/mol. The highest BCUT2D eigenvalue weighted by Gasteiger charge is 2.35. The fraction of sp³-hybridized carbons (Fsp3) is 0.265. The number of hydrazone groups is 1. The van der Waals surface area contributed by atoms with Crippen molar-refractivity contribution in [2.24, 2.45) is 15.8 Å². The first-order valence-electron chi connectivity index (χ1n) is 15.0. The molecule has 0 radical (unpaired) electrons. The van der Waals surface area contributed by atoms with E-state index in [9.17, 15) is 24.0 Å². The topological polar surface area (TPSA) is 194 Å². The Hall–Kier alpha value is -6.05. The number of rotatable bonds is 11. The minimum absolute atomic E-state index is 0.0413. The van der Waals surface area contributed by atoms with Crippen LogP contribution in [-0.2, 0) is 30.5 Å². The highest BCUT2D eigenvalue weighted by atomic mass is 16.6. The Labute approximate surface area is 277 Å². The predicted octanol–water partition coefficient (Wildman–Crippen LogP) is 2.99. The maximum absolute atomic E-state index is 14.1. The van der Waals surface area contributed by atoms with Gasteiger partial charge in [0.2, 0.25) is 12.1 Å². The van der Waals surface area contributed by atoms with Crippen molar-refractivity contribution in [1.29, 1.82) is 0 Å². The fourth-order valence-corrected chi connectivity index (χ4v) is 4.68. The number of benzene rings is 3. The summed E-state index contributed by atoms with van der Waals surface area (Å²) >= 11 is 0. The molecule has 48 heavy (non-hydrogen) atoms. The number of anilines is 1. The quantitative estimate of drug-likeness (QED) is 0.138. The predicted molar refractivity (Wildman–Crippen MR) is 178 cm³/mol. The molecule has 5 amide bonds. The molecule has 1 aliphatic rings. The second kappa shape index (κ2) is 16.0. The van der Waals surface area contributed by atoms with E-state index in [1.165, 1.54) is 4.90 Å². The summed E-state index contributed by atoms with van der Waals surface area (Å²) in [6.07, 6.45) is -1.58. The number of urea groups is 1. The van der Waals surface area contributed by atoms with Crippen LogP contribution in [0.3, 0.4) is 0 Å². The van der Waals surface area contributed by atoms with Crippen LogP contribution in [0.2, 0.25) is 0 Å². The standard InChI is InChI=1S/C34H37N7O7/c1-34(2,3)48-28(43)18-24(19-36-40-32(35)45)37-27(42)20-41-26-17-11-10-16-25(26)29(23-14-8-5-9-15-23)38-30(31(41)44)39-33(46)47-21-22-12-6-4-7-13-22/h4-17,19,24,30H,18,20-21H2,1-3H3,(H,37,42)(H,39,46)(H3,35,40,45)/b36-19+/t24-,30?/m0/s1. The lowest BCUT2D eigenvalue weighted by molar-refractivity contribution is -0.155. The highest BCUT2D eigenvalue weighted by molar-refractivity contribution is 6.20. The van der Waals surface area contributed by atoms with E-state index in [2.05, 4.69) is 20.7 Å². The van der Waals surface area contributed by atoms with Gasteiger partial charge in [0.15, 0.2) is 0 Å². The van der Waals surface area contributed by atoms with E-state index in [4.69, 9.17) is 15.2 Å². The molecule has 0 saturated heterocycles. The van der Waals surface area contributed by atoms with Gasteiger partial charge in [-0.15, -0.1) is 0 Å². The van der Waals surface area contributed by atoms with Crippen LogP contribution in [0.4, 0.5) is 15.3 Å². The van der Waals surface area contributed by atoms with Crippen molar-refractivity contribution in [3.05, 3.63) is 102 Å². The van der Waals surface area contributed by atoms with E-state index < -0.39 is 54.3 Å². The third-order valence-corrected chi connectivity index (χ3v) is 6.61. The second-order valence-corrected chi connectivity index (χ2v) is 11.6. The maximum Gasteiger partial charge on any atom is 0.409 e. The van der Waals surface area contributed by atoms with Gasteiger partial charge in [0.05, 0.1) is 23.9 Å². The van der Waals surface area contributed by atoms with Crippen LogP contribution in [0, 0.1) is 0 Å². The number of alkyl carbamates (subject to hydrolysis) is 1. The van der Waals surface area contributed by atoms with Gasteiger partial charge < -0.3 is 20.5 Å². The van der Waals surface area contributed by atoms with Crippen molar-refractivity contribution < 1.29 is 33.4 Å². The van der Waals surface area contributed by atoms with Gasteiger partial charge in [-0.05, 0) is 32.4 Å². The summed E-state index contributed by atoms with van der Waals surface area (Å²) in [5.41, 5.74) is 9.01. The molecule has 0 saturated carbocycles. The molecule has 0 spiro atoms. The summed E-state index contributed by atoms with van der Waals surface area (Å²) in [5.74, 6) is -2.05. The number of hydrogen-bond donors (Lipinski definition) is 4. The number of fused-ring (bicyclic) bond motifs is 1. The molecule has 4 rings (SSSR count). The Balaban J connectivity index is 1.62. The van der Waals surface area contributed by atoms with Gasteiger partial charge in [-0.1, -0.05) is 78.9 Å². The van der Waals surface area contributed by atoms with E-state index >= 15 is 0 Å². The van der Waals surface area contributed by atoms with E-state index in [-0.39, 0.29) is 13.0 Å². The Kier molecular flexibility index (Phi) is 11.6. The molecule has 5 N–H and O–H groups in total. The summed E-state index contributed by atoms with van der Waals surface area (Å²) in [6.45, 7) is 4.50. The van der Waals surface area contributed by atoms with Crippen LogP contribution in [0.1, 0.15) is 43.9 Å². The number of carbonyl (C=O) groups is 5. The minimum Gasteiger partial charge on any atom is -0.460 e. The monoisotopic (exact) mass is 655 g/mol. The van der Waals surface area contributed by atoms with Crippen molar-refractivity contribution in [1.82, 2.24) is 16.1 Å². The van der Waals surface area contributed by atoms with Crippen molar-refractivity contribution in [2.45, 2.75) is 51.6 Å². The van der Waals surface area contributed by atoms with Gasteiger partial charge in [0, 0.05) is 17.3 Å². The molecule has 1 heterocycles. The van der Waals surface area contributed by atoms with E-state index in [0.717, 1.165) is 11.8 Å². The normalized spacial score (nSPS) is 15.0. The zero-order chi connectivity index (χ0) is 34.7. The van der Waals surface area contributed by atoms with E-state index in [0.29, 0.717) is 22.5 Å². The summed E-state index contributed by atoms with van der Waals surface area (Å²) < 4.78 is 10.7. The largest absolute Gasteiger partial charge is 0.460 e. The van der Waals surface area contributed by atoms with Crippen LogP contribution in [0.5, 0.6) is 0 Å². The zero-order valence-electron chi connectivity index (χ0n) is 26.7. The number of nitrogens with zero attached hydrogens (tertiary/aromatic N) is 3. The average Bonchev–Trinajstić information content (AvgIpc) is 3.14. The third-order valence-electron chi connectivity index (χ3n) is 6.61. The summed E-state index contributed by atoms with van der Waals surface area (Å²) in [4.78, 5) is 70.1. The van der Waals surface area contributed by atoms with Crippen LogP contribution in [-0.4, -0.2) is 66.2 Å². The summed E-state index contributed by atoms with van der Waals surface area (Å²) in [6, 6.07) is 23.0. The first-order valence-corrected chi connectivity index (χ1v) is 15.0. The van der Waals surface area contributed by atoms with E-state index in [1.54, 1.807) is 69.3 Å². The van der Waals surface area contributed by atoms with Crippen LogP contribution in [0.15, 0.2) is 95.0 Å². The first kappa shape index (κ1) is 34.8. The molecular weight excluding hydrogens is 618 g/mol. The number of carbonyl (C=O) groups excluding carboxylic acids is 5. The molecule has 3 aromatic rings. The molecular formula is C34H37N7O7. The van der Waals surface area contributed by atoms with Crippen molar-refractivity contribution in [2.75, 3.05) is 11.4 Å². The Bertz CT molecular complexity index is 1690. The molecule has 0 bridgehead atoms. The lowest BCUT2D eigenvalue weighted by Gasteiger charge is -2.26. The number of aliphatic imine (C=N–C) groups is 1. The number of esters is 1. The van der Waals surface area contributed by atoms with Gasteiger partial charge >= 0.3 is 18.1 Å². The zero-order valence-corrected chi connectivity index (χ0v) is 26.7. The molecule has 3 aromatic carbocycles. The number of para-hydroxylation sites is 1. The molecule has 0 fully saturated rings. The molecule has 14 heteroatoms. The molecule has 250 valence electrons. The number of benzodiazepines with no additional fused rings is 1. The van der Waals surface area contributed by atoms with Crippen LogP contribution < -0.4 is 26.7 Å². The SMILES string of the molecule is CC(C)(C)OC(=O)C[C@@H](/C=N/NC(N)=O)NC(=O)CN1C(=O)C(NC(=O)OCc2ccccc2)N=C(c2ccccc2)c2ccccc21. The van der Waals surface area contributed by atoms with Crippen molar-refractivity contribution in [3.8, 4) is 0 Å². The summed E-state index contributed by atoms with van der Waals surface area (Å²) in [7, 11) is 0. The summed E-state index contributed by atoms with van der Waals surface area (Å²) in [5, 5.41) is 8.86. The molecule has 0 aliphatic carbocycles. The van der Waals surface area contributed by atoms with Crippen LogP contribution >= 0.6 is 0 Å². The Morgan fingerprint density at radius 1 is 0.979 bits per heavy atom. The number of nitrogens with one attached hydrogen (secondary N) is 3. The van der Waals surface area contributed by atoms with Gasteiger partial charge in [-0.2, -0.15) is 5.10 Å². The lowest BCUT2D eigenvalue weighted by Crippen LogP contribution is -2.51. The number of ether oxygens (including phenoxy) is 2. The molecule has 2 atom stereocenters. The molecule has 1 aliphatic heterocycles. The van der Waals surface area contributed by atoms with Gasteiger partial charge in [-0.3, -0.25) is 24.6 Å². The molecule has 0 aromatic heterocycles.